The lowest BCUT2D eigenvalue weighted by Crippen LogP contribution is -2.12. The lowest BCUT2D eigenvalue weighted by molar-refractivity contribution is -0.137. The molecule has 1 saturated heterocycles. The van der Waals surface area contributed by atoms with Crippen molar-refractivity contribution in [3.8, 4) is 0 Å². The average Bonchev–Trinajstić information content (AvgIpc) is 2.89. The minimum atomic E-state index is -4.37. The van der Waals surface area contributed by atoms with Crippen molar-refractivity contribution in [1.82, 2.24) is 4.90 Å². The predicted octanol–water partition coefficient (Wildman–Crippen LogP) is 3.43. The second-order valence-electron chi connectivity index (χ2n) is 4.90. The summed E-state index contributed by atoms with van der Waals surface area (Å²) in [4.78, 5) is 13.8. The Labute approximate surface area is 115 Å². The zero-order valence-electron chi connectivity index (χ0n) is 11.0. The van der Waals surface area contributed by atoms with Crippen molar-refractivity contribution in [2.45, 2.75) is 25.4 Å². The van der Waals surface area contributed by atoms with Crippen molar-refractivity contribution < 1.29 is 18.0 Å². The summed E-state index contributed by atoms with van der Waals surface area (Å²) in [7, 11) is 0. The van der Waals surface area contributed by atoms with Gasteiger partial charge in [0.05, 0.1) is 5.56 Å². The van der Waals surface area contributed by atoms with Crippen LogP contribution in [0.2, 0.25) is 0 Å². The van der Waals surface area contributed by atoms with Gasteiger partial charge in [-0.3, -0.25) is 4.79 Å². The van der Waals surface area contributed by atoms with Crippen LogP contribution in [0, 0.1) is 0 Å². The fourth-order valence-electron chi connectivity index (χ4n) is 2.20. The third-order valence-electron chi connectivity index (χ3n) is 3.24. The lowest BCUT2D eigenvalue weighted by Gasteiger charge is -2.10. The Hall–Kier alpha value is -1.78. The lowest BCUT2D eigenvalue weighted by atomic mass is 10.1. The van der Waals surface area contributed by atoms with E-state index in [-0.39, 0.29) is 12.2 Å². The Bertz CT molecular complexity index is 502. The Morgan fingerprint density at radius 2 is 1.95 bits per heavy atom. The minimum Gasteiger partial charge on any atom is -0.377 e. The first-order valence-electron chi connectivity index (χ1n) is 6.56. The maximum atomic E-state index is 12.6. The molecule has 2 nitrogen and oxygen atoms in total. The molecular weight excluding hydrogens is 267 g/mol. The van der Waals surface area contributed by atoms with E-state index in [1.165, 1.54) is 18.2 Å². The fraction of sp³-hybridized carbons (Fsp3) is 0.400. The highest BCUT2D eigenvalue weighted by atomic mass is 19.4. The Kier molecular flexibility index (Phi) is 4.47. The molecule has 1 aromatic carbocycles. The number of allylic oxidation sites excluding steroid dienone is 1. The standard InChI is InChI=1S/C15H16F3NO/c16-15(17,18)13-5-3-4-12(10-13)11-14(20)6-9-19-7-1-2-8-19/h3-6,9-10H,1-2,7-8,11H2. The maximum Gasteiger partial charge on any atom is 0.416 e. The first kappa shape index (κ1) is 14.6. The molecule has 5 heteroatoms. The summed E-state index contributed by atoms with van der Waals surface area (Å²) in [6.07, 6.45) is 1.05. The highest BCUT2D eigenvalue weighted by molar-refractivity contribution is 5.91. The molecule has 1 heterocycles. The number of likely N-dealkylation sites (tertiary alicyclic amines) is 1. The number of ketones is 1. The van der Waals surface area contributed by atoms with Crippen LogP contribution < -0.4 is 0 Å². The summed E-state index contributed by atoms with van der Waals surface area (Å²) in [6, 6.07) is 4.90. The van der Waals surface area contributed by atoms with Crippen molar-refractivity contribution in [3.05, 3.63) is 47.7 Å². The summed E-state index contributed by atoms with van der Waals surface area (Å²) in [5, 5.41) is 0. The number of hydrogen-bond acceptors (Lipinski definition) is 2. The van der Waals surface area contributed by atoms with E-state index in [9.17, 15) is 18.0 Å². The summed E-state index contributed by atoms with van der Waals surface area (Å²) < 4.78 is 37.7. The molecule has 0 aromatic heterocycles. The van der Waals surface area contributed by atoms with Gasteiger partial charge in [0.25, 0.3) is 0 Å². The second-order valence-corrected chi connectivity index (χ2v) is 4.90. The van der Waals surface area contributed by atoms with Crippen LogP contribution in [-0.4, -0.2) is 23.8 Å². The third-order valence-corrected chi connectivity index (χ3v) is 3.24. The van der Waals surface area contributed by atoms with E-state index in [1.807, 2.05) is 4.90 Å². The number of nitrogens with zero attached hydrogens (tertiary/aromatic N) is 1. The molecule has 0 amide bonds. The highest BCUT2D eigenvalue weighted by Gasteiger charge is 2.30. The second kappa shape index (κ2) is 6.11. The van der Waals surface area contributed by atoms with Gasteiger partial charge in [0.15, 0.2) is 5.78 Å². The van der Waals surface area contributed by atoms with Gasteiger partial charge in [-0.1, -0.05) is 18.2 Å². The van der Waals surface area contributed by atoms with Gasteiger partial charge < -0.3 is 4.90 Å². The zero-order valence-corrected chi connectivity index (χ0v) is 11.0. The van der Waals surface area contributed by atoms with E-state index in [4.69, 9.17) is 0 Å². The number of carbonyl (C=O) groups is 1. The number of hydrogen-bond donors (Lipinski definition) is 0. The van der Waals surface area contributed by atoms with E-state index in [0.29, 0.717) is 5.56 Å². The molecule has 0 saturated carbocycles. The molecule has 0 aliphatic carbocycles. The summed E-state index contributed by atoms with van der Waals surface area (Å²) in [6.45, 7) is 1.88. The van der Waals surface area contributed by atoms with Crippen LogP contribution in [0.5, 0.6) is 0 Å². The topological polar surface area (TPSA) is 20.3 Å². The smallest absolute Gasteiger partial charge is 0.377 e. The van der Waals surface area contributed by atoms with Crippen LogP contribution in [0.1, 0.15) is 24.0 Å². The van der Waals surface area contributed by atoms with Gasteiger partial charge in [-0.2, -0.15) is 13.2 Å². The number of halogens is 3. The molecule has 0 N–H and O–H groups in total. The van der Waals surface area contributed by atoms with Gasteiger partial charge in [-0.15, -0.1) is 0 Å². The van der Waals surface area contributed by atoms with Crippen molar-refractivity contribution in [2.75, 3.05) is 13.1 Å². The van der Waals surface area contributed by atoms with Gasteiger partial charge in [-0.05, 0) is 30.5 Å². The minimum absolute atomic E-state index is 0.00569. The molecule has 0 bridgehead atoms. The number of alkyl halides is 3. The zero-order chi connectivity index (χ0) is 14.6. The monoisotopic (exact) mass is 283 g/mol. The molecule has 0 radical (unpaired) electrons. The van der Waals surface area contributed by atoms with Crippen LogP contribution in [0.25, 0.3) is 0 Å². The summed E-state index contributed by atoms with van der Waals surface area (Å²) >= 11 is 0. The van der Waals surface area contributed by atoms with Gasteiger partial charge >= 0.3 is 6.18 Å². The molecular formula is C15H16F3NO. The van der Waals surface area contributed by atoms with Crippen molar-refractivity contribution in [3.63, 3.8) is 0 Å². The number of benzene rings is 1. The molecule has 2 rings (SSSR count). The van der Waals surface area contributed by atoms with E-state index in [0.717, 1.165) is 38.1 Å². The van der Waals surface area contributed by atoms with Crippen LogP contribution in [0.15, 0.2) is 36.5 Å². The quantitative estimate of drug-likeness (QED) is 0.789. The Morgan fingerprint density at radius 1 is 1.25 bits per heavy atom. The van der Waals surface area contributed by atoms with Gasteiger partial charge in [-0.25, -0.2) is 0 Å². The molecule has 0 spiro atoms. The van der Waals surface area contributed by atoms with E-state index >= 15 is 0 Å². The number of rotatable bonds is 4. The van der Waals surface area contributed by atoms with Gasteiger partial charge in [0.2, 0.25) is 0 Å². The molecule has 0 unspecified atom stereocenters. The van der Waals surface area contributed by atoms with Crippen molar-refractivity contribution >= 4 is 5.78 Å². The maximum absolute atomic E-state index is 12.6. The van der Waals surface area contributed by atoms with Crippen LogP contribution >= 0.6 is 0 Å². The first-order valence-corrected chi connectivity index (χ1v) is 6.56. The normalized spacial score (nSPS) is 16.1. The molecule has 108 valence electrons. The van der Waals surface area contributed by atoms with Crippen molar-refractivity contribution in [1.29, 1.82) is 0 Å². The SMILES string of the molecule is O=C(C=CN1CCCC1)Cc1cccc(C(F)(F)F)c1. The summed E-state index contributed by atoms with van der Waals surface area (Å²) in [5.74, 6) is -0.184. The van der Waals surface area contributed by atoms with Gasteiger partial charge in [0, 0.05) is 25.7 Å². The molecule has 1 fully saturated rings. The van der Waals surface area contributed by atoms with Crippen molar-refractivity contribution in [2.24, 2.45) is 0 Å². The van der Waals surface area contributed by atoms with E-state index in [1.54, 1.807) is 6.20 Å². The third kappa shape index (κ3) is 4.11. The molecule has 1 aliphatic rings. The first-order chi connectivity index (χ1) is 9.45. The molecule has 1 aromatic rings. The number of carbonyl (C=O) groups excluding carboxylic acids is 1. The Balaban J connectivity index is 1.97. The summed E-state index contributed by atoms with van der Waals surface area (Å²) in [5.41, 5.74) is -0.331. The highest BCUT2D eigenvalue weighted by Crippen LogP contribution is 2.29. The molecule has 20 heavy (non-hydrogen) atoms. The van der Waals surface area contributed by atoms with Gasteiger partial charge in [0.1, 0.15) is 0 Å². The van der Waals surface area contributed by atoms with Crippen LogP contribution in [-0.2, 0) is 17.4 Å². The largest absolute Gasteiger partial charge is 0.416 e. The fourth-order valence-corrected chi connectivity index (χ4v) is 2.20. The van der Waals surface area contributed by atoms with E-state index < -0.39 is 11.7 Å². The van der Waals surface area contributed by atoms with Crippen LogP contribution in [0.3, 0.4) is 0 Å². The van der Waals surface area contributed by atoms with Crippen LogP contribution in [0.4, 0.5) is 13.2 Å². The molecule has 1 aliphatic heterocycles. The average molecular weight is 283 g/mol. The molecule has 0 atom stereocenters. The Morgan fingerprint density at radius 3 is 2.60 bits per heavy atom. The predicted molar refractivity (Wildman–Crippen MR) is 70.1 cm³/mol. The van der Waals surface area contributed by atoms with E-state index in [2.05, 4.69) is 0 Å².